The first-order valence-electron chi connectivity index (χ1n) is 5.92. The molecule has 20 heavy (non-hydrogen) atoms. The van der Waals surface area contributed by atoms with Gasteiger partial charge in [-0.3, -0.25) is 0 Å². The Labute approximate surface area is 120 Å². The fourth-order valence-electron chi connectivity index (χ4n) is 1.70. The number of halogens is 3. The van der Waals surface area contributed by atoms with Crippen LogP contribution in [0.25, 0.3) is 0 Å². The van der Waals surface area contributed by atoms with Crippen molar-refractivity contribution in [2.24, 2.45) is 4.99 Å². The van der Waals surface area contributed by atoms with Crippen LogP contribution in [0, 0.1) is 0 Å². The third kappa shape index (κ3) is 3.62. The summed E-state index contributed by atoms with van der Waals surface area (Å²) in [6.07, 6.45) is -2.31. The van der Waals surface area contributed by atoms with Gasteiger partial charge >= 0.3 is 5.38 Å². The van der Waals surface area contributed by atoms with Crippen molar-refractivity contribution in [2.75, 3.05) is 0 Å². The number of aliphatic hydroxyl groups is 1. The topological polar surface area (TPSA) is 32.6 Å². The van der Waals surface area contributed by atoms with Gasteiger partial charge in [-0.05, 0) is 11.6 Å². The summed E-state index contributed by atoms with van der Waals surface area (Å²) >= 11 is 4.81. The molecular formula is C15H12ClF2NO. The van der Waals surface area contributed by atoms with E-state index in [1.165, 1.54) is 0 Å². The number of nitrogens with zero attached hydrogens (tertiary/aromatic N) is 1. The van der Waals surface area contributed by atoms with E-state index in [0.29, 0.717) is 11.1 Å². The standard InChI is InChI=1S/C15H12ClF2NO/c16-15(17,18)14(20)19-13(11-7-3-1-4-8-11)12-9-5-2-6-10-12/h1-10,14,20H. The Bertz CT molecular complexity index is 540. The predicted octanol–water partition coefficient (Wildman–Crippen LogP) is 3.67. The number of benzene rings is 2. The van der Waals surface area contributed by atoms with Gasteiger partial charge < -0.3 is 5.11 Å². The second kappa shape index (κ2) is 6.11. The van der Waals surface area contributed by atoms with Crippen LogP contribution < -0.4 is 0 Å². The molecule has 0 saturated heterocycles. The number of hydrogen-bond donors (Lipinski definition) is 1. The monoisotopic (exact) mass is 295 g/mol. The van der Waals surface area contributed by atoms with Crippen LogP contribution in [0.1, 0.15) is 11.1 Å². The lowest BCUT2D eigenvalue weighted by Gasteiger charge is -2.15. The van der Waals surface area contributed by atoms with Crippen LogP contribution >= 0.6 is 11.6 Å². The maximum absolute atomic E-state index is 12.9. The van der Waals surface area contributed by atoms with E-state index in [0.717, 1.165) is 0 Å². The quantitative estimate of drug-likeness (QED) is 0.677. The summed E-state index contributed by atoms with van der Waals surface area (Å²) in [5, 5.41) is 5.60. The van der Waals surface area contributed by atoms with Crippen molar-refractivity contribution >= 4 is 17.3 Å². The SMILES string of the molecule is OC(N=C(c1ccccc1)c1ccccc1)C(F)(F)Cl. The van der Waals surface area contributed by atoms with Crippen molar-refractivity contribution < 1.29 is 13.9 Å². The van der Waals surface area contributed by atoms with Crippen LogP contribution in [0.4, 0.5) is 8.78 Å². The van der Waals surface area contributed by atoms with Gasteiger partial charge in [-0.25, -0.2) is 4.99 Å². The lowest BCUT2D eigenvalue weighted by Crippen LogP contribution is -2.27. The minimum Gasteiger partial charge on any atom is -0.366 e. The fraction of sp³-hybridized carbons (Fsp3) is 0.133. The molecule has 0 fully saturated rings. The molecular weight excluding hydrogens is 284 g/mol. The van der Waals surface area contributed by atoms with E-state index in [-0.39, 0.29) is 5.71 Å². The third-order valence-corrected chi connectivity index (χ3v) is 2.83. The van der Waals surface area contributed by atoms with Crippen molar-refractivity contribution in [1.82, 2.24) is 0 Å². The van der Waals surface area contributed by atoms with Gasteiger partial charge in [0.25, 0.3) is 0 Å². The number of aliphatic hydroxyl groups excluding tert-OH is 1. The molecule has 0 radical (unpaired) electrons. The molecule has 0 spiro atoms. The van der Waals surface area contributed by atoms with Gasteiger partial charge in [0.05, 0.1) is 5.71 Å². The minimum absolute atomic E-state index is 0.263. The van der Waals surface area contributed by atoms with E-state index < -0.39 is 11.6 Å². The van der Waals surface area contributed by atoms with Crippen molar-refractivity contribution in [1.29, 1.82) is 0 Å². The number of hydrogen-bond acceptors (Lipinski definition) is 2. The van der Waals surface area contributed by atoms with Crippen LogP contribution in [-0.4, -0.2) is 22.4 Å². The van der Waals surface area contributed by atoms with Gasteiger partial charge in [-0.15, -0.1) is 0 Å². The van der Waals surface area contributed by atoms with Crippen LogP contribution in [0.3, 0.4) is 0 Å². The van der Waals surface area contributed by atoms with Gasteiger partial charge in [0.2, 0.25) is 6.23 Å². The van der Waals surface area contributed by atoms with Crippen LogP contribution in [0.5, 0.6) is 0 Å². The summed E-state index contributed by atoms with van der Waals surface area (Å²) in [6.45, 7) is 0. The summed E-state index contributed by atoms with van der Waals surface area (Å²) in [7, 11) is 0. The van der Waals surface area contributed by atoms with Gasteiger partial charge in [0, 0.05) is 11.1 Å². The molecule has 1 atom stereocenters. The molecule has 1 unspecified atom stereocenters. The molecule has 0 heterocycles. The first-order valence-corrected chi connectivity index (χ1v) is 6.29. The first-order chi connectivity index (χ1) is 9.48. The van der Waals surface area contributed by atoms with Crippen molar-refractivity contribution in [3.8, 4) is 0 Å². The van der Waals surface area contributed by atoms with Gasteiger partial charge in [0.15, 0.2) is 0 Å². The lowest BCUT2D eigenvalue weighted by molar-refractivity contribution is -0.0351. The summed E-state index contributed by atoms with van der Waals surface area (Å²) in [4.78, 5) is 3.68. The van der Waals surface area contributed by atoms with Crippen molar-refractivity contribution in [2.45, 2.75) is 11.6 Å². The molecule has 5 heteroatoms. The molecule has 0 aliphatic rings. The van der Waals surface area contributed by atoms with E-state index >= 15 is 0 Å². The first kappa shape index (κ1) is 14.6. The Hall–Kier alpha value is -1.78. The van der Waals surface area contributed by atoms with Crippen molar-refractivity contribution in [3.63, 3.8) is 0 Å². The van der Waals surface area contributed by atoms with Gasteiger partial charge in [0.1, 0.15) is 0 Å². The summed E-state index contributed by atoms with van der Waals surface area (Å²) in [5.74, 6) is 0. The maximum atomic E-state index is 12.9. The van der Waals surface area contributed by atoms with E-state index in [2.05, 4.69) is 4.99 Å². The lowest BCUT2D eigenvalue weighted by atomic mass is 10.0. The summed E-state index contributed by atoms with van der Waals surface area (Å²) in [6, 6.07) is 17.6. The second-order valence-corrected chi connectivity index (χ2v) is 4.63. The number of rotatable bonds is 4. The average Bonchev–Trinajstić information content (AvgIpc) is 2.45. The third-order valence-electron chi connectivity index (χ3n) is 2.64. The Morgan fingerprint density at radius 2 is 1.35 bits per heavy atom. The molecule has 1 N–H and O–H groups in total. The largest absolute Gasteiger partial charge is 0.367 e. The zero-order chi connectivity index (χ0) is 14.6. The van der Waals surface area contributed by atoms with E-state index in [1.807, 2.05) is 0 Å². The number of alkyl halides is 3. The van der Waals surface area contributed by atoms with E-state index in [1.54, 1.807) is 60.7 Å². The Kier molecular flexibility index (Phi) is 4.47. The summed E-state index contributed by atoms with van der Waals surface area (Å²) in [5.41, 5.74) is 1.51. The fourth-order valence-corrected chi connectivity index (χ4v) is 1.75. The highest BCUT2D eigenvalue weighted by molar-refractivity contribution is 6.22. The normalized spacial score (nSPS) is 12.8. The highest BCUT2D eigenvalue weighted by Gasteiger charge is 2.36. The zero-order valence-electron chi connectivity index (χ0n) is 10.4. The van der Waals surface area contributed by atoms with Crippen LogP contribution in [0.15, 0.2) is 65.7 Å². The van der Waals surface area contributed by atoms with Crippen molar-refractivity contribution in [3.05, 3.63) is 71.8 Å². The molecule has 0 bridgehead atoms. The van der Waals surface area contributed by atoms with Gasteiger partial charge in [-0.2, -0.15) is 8.78 Å². The average molecular weight is 296 g/mol. The Morgan fingerprint density at radius 1 is 0.950 bits per heavy atom. The minimum atomic E-state index is -3.81. The second-order valence-electron chi connectivity index (χ2n) is 4.13. The maximum Gasteiger partial charge on any atom is 0.367 e. The molecule has 0 aliphatic carbocycles. The van der Waals surface area contributed by atoms with E-state index in [4.69, 9.17) is 11.6 Å². The molecule has 0 saturated carbocycles. The van der Waals surface area contributed by atoms with Crippen LogP contribution in [0.2, 0.25) is 0 Å². The molecule has 2 nitrogen and oxygen atoms in total. The Morgan fingerprint density at radius 3 is 1.70 bits per heavy atom. The highest BCUT2D eigenvalue weighted by atomic mass is 35.5. The smallest absolute Gasteiger partial charge is 0.366 e. The molecule has 2 aromatic rings. The molecule has 0 aromatic heterocycles. The predicted molar refractivity (Wildman–Crippen MR) is 75.3 cm³/mol. The van der Waals surface area contributed by atoms with Crippen LogP contribution in [-0.2, 0) is 0 Å². The Balaban J connectivity index is 2.49. The molecule has 2 aromatic carbocycles. The zero-order valence-corrected chi connectivity index (χ0v) is 11.1. The summed E-state index contributed by atoms with van der Waals surface area (Å²) < 4.78 is 25.8. The highest BCUT2D eigenvalue weighted by Crippen LogP contribution is 2.25. The molecule has 2 rings (SSSR count). The molecule has 104 valence electrons. The molecule has 0 amide bonds. The number of aliphatic imine (C=N–C) groups is 1. The van der Waals surface area contributed by atoms with E-state index in [9.17, 15) is 13.9 Å². The van der Waals surface area contributed by atoms with Gasteiger partial charge in [-0.1, -0.05) is 60.7 Å². The molecule has 0 aliphatic heterocycles.